The summed E-state index contributed by atoms with van der Waals surface area (Å²) in [7, 11) is 3.25. The molecule has 0 aliphatic carbocycles. The molecule has 4 aromatic carbocycles. The van der Waals surface area contributed by atoms with E-state index in [0.29, 0.717) is 10.7 Å². The zero-order valence-corrected chi connectivity index (χ0v) is 34.7. The first-order valence-corrected chi connectivity index (χ1v) is 19.6. The molecule has 288 valence electrons. The number of primary amides is 2. The molecule has 0 spiro atoms. The number of hydrogen-bond donors (Lipinski definition) is 3. The van der Waals surface area contributed by atoms with Crippen molar-refractivity contribution in [2.45, 2.75) is 11.9 Å². The number of halogens is 7. The maximum absolute atomic E-state index is 14.2. The Labute approximate surface area is 344 Å². The van der Waals surface area contributed by atoms with Crippen LogP contribution in [0.25, 0.3) is 22.5 Å². The van der Waals surface area contributed by atoms with Crippen LogP contribution in [0.1, 0.15) is 30.7 Å². The first-order chi connectivity index (χ1) is 26.2. The van der Waals surface area contributed by atoms with Gasteiger partial charge in [-0.25, -0.2) is 27.5 Å². The van der Waals surface area contributed by atoms with Gasteiger partial charge in [-0.3, -0.25) is 9.59 Å². The van der Waals surface area contributed by atoms with E-state index in [0.717, 1.165) is 70.5 Å². The van der Waals surface area contributed by atoms with Crippen molar-refractivity contribution in [1.29, 1.82) is 0 Å². The maximum Gasteiger partial charge on any atom is 0.254 e. The Morgan fingerprint density at radius 1 is 0.691 bits per heavy atom. The molecule has 0 aliphatic rings. The highest BCUT2D eigenvalue weighted by molar-refractivity contribution is 9.11. The standard InChI is InChI=1S/C18H13BrF2N2O3S.C11H9Br2NOS.C7H5F2NO2/c1-25-10-4-2-9(3-5-10)16-17(19)27-13(23-16)8-26-12-7-6-11(20)14(15(12)21)18(22)24;1-15-8-4-2-7(3-5-8)10-11(13)16-9(6-12)14-10;8-3-1-2-4(11)6(9)5(3)7(10)12/h2-7H,8H2,1H3,(H2,22,24);2-5H,6H2,1H3;1-2,11H,(H2,10,12). The third-order valence-electron chi connectivity index (χ3n) is 7.07. The van der Waals surface area contributed by atoms with E-state index in [4.69, 9.17) is 25.1 Å². The van der Waals surface area contributed by atoms with Crippen LogP contribution >= 0.6 is 70.5 Å². The number of methoxy groups -OCH3 is 2. The molecule has 0 unspecified atom stereocenters. The molecule has 19 heteroatoms. The number of aromatic nitrogens is 2. The molecular formula is C36H27Br3F4N4O6S2. The number of ether oxygens (including phenoxy) is 3. The van der Waals surface area contributed by atoms with Crippen molar-refractivity contribution >= 4 is 82.3 Å². The molecule has 10 nitrogen and oxygen atoms in total. The van der Waals surface area contributed by atoms with E-state index in [1.807, 2.05) is 48.5 Å². The summed E-state index contributed by atoms with van der Waals surface area (Å²) >= 11 is 13.4. The molecule has 0 saturated heterocycles. The smallest absolute Gasteiger partial charge is 0.254 e. The van der Waals surface area contributed by atoms with Crippen LogP contribution in [0.5, 0.6) is 23.0 Å². The lowest BCUT2D eigenvalue weighted by Gasteiger charge is -2.08. The molecule has 2 heterocycles. The van der Waals surface area contributed by atoms with Crippen LogP contribution in [-0.2, 0) is 11.9 Å². The van der Waals surface area contributed by atoms with Gasteiger partial charge in [-0.1, -0.05) is 15.9 Å². The second-order valence-electron chi connectivity index (χ2n) is 10.6. The number of phenols is 1. The summed E-state index contributed by atoms with van der Waals surface area (Å²) in [5.41, 5.74) is 11.6. The normalized spacial score (nSPS) is 10.4. The van der Waals surface area contributed by atoms with Crippen molar-refractivity contribution < 1.29 is 46.5 Å². The van der Waals surface area contributed by atoms with Gasteiger partial charge < -0.3 is 30.8 Å². The largest absolute Gasteiger partial charge is 0.505 e. The van der Waals surface area contributed by atoms with Gasteiger partial charge in [-0.2, -0.15) is 0 Å². The predicted molar refractivity (Wildman–Crippen MR) is 212 cm³/mol. The van der Waals surface area contributed by atoms with Crippen molar-refractivity contribution in [1.82, 2.24) is 9.97 Å². The van der Waals surface area contributed by atoms with E-state index in [1.165, 1.54) is 11.3 Å². The topological polar surface area (TPSA) is 160 Å². The molecule has 2 amide bonds. The molecule has 6 aromatic rings. The average Bonchev–Trinajstić information content (AvgIpc) is 3.74. The molecule has 0 bridgehead atoms. The summed E-state index contributed by atoms with van der Waals surface area (Å²) in [6.07, 6.45) is 0. The lowest BCUT2D eigenvalue weighted by molar-refractivity contribution is 0.0982. The minimum atomic E-state index is -1.33. The Balaban J connectivity index is 0.000000203. The van der Waals surface area contributed by atoms with Crippen molar-refractivity contribution in [2.24, 2.45) is 11.5 Å². The van der Waals surface area contributed by atoms with E-state index in [9.17, 15) is 27.2 Å². The third-order valence-corrected chi connectivity index (χ3v) is 11.4. The van der Waals surface area contributed by atoms with Crippen molar-refractivity contribution in [2.75, 3.05) is 14.2 Å². The number of carbonyl (C=O) groups excluding carboxylic acids is 2. The molecule has 0 radical (unpaired) electrons. The van der Waals surface area contributed by atoms with Crippen LogP contribution in [0.3, 0.4) is 0 Å². The van der Waals surface area contributed by atoms with Gasteiger partial charge >= 0.3 is 0 Å². The Bertz CT molecular complexity index is 2300. The Kier molecular flexibility index (Phi) is 15.6. The number of rotatable bonds is 10. The van der Waals surface area contributed by atoms with Gasteiger partial charge in [0.05, 0.1) is 38.5 Å². The first-order valence-electron chi connectivity index (χ1n) is 15.2. The quantitative estimate of drug-likeness (QED) is 0.0904. The number of aromatic hydroxyl groups is 1. The van der Waals surface area contributed by atoms with Gasteiger partial charge in [-0.05, 0) is 105 Å². The molecule has 0 fully saturated rings. The monoisotopic (exact) mass is 988 g/mol. The van der Waals surface area contributed by atoms with Crippen LogP contribution in [0.4, 0.5) is 17.6 Å². The summed E-state index contributed by atoms with van der Waals surface area (Å²) in [5.74, 6) is -6.52. The lowest BCUT2D eigenvalue weighted by Crippen LogP contribution is -2.16. The van der Waals surface area contributed by atoms with Crippen molar-refractivity contribution in [3.8, 4) is 45.5 Å². The molecule has 2 aromatic heterocycles. The average molecular weight is 991 g/mol. The SMILES string of the molecule is COc1ccc(-c2nc(CBr)sc2Br)cc1.COc1ccc(-c2nc(COc3ccc(F)c(C(N)=O)c3F)sc2Br)cc1.NC(=O)c1c(F)ccc(O)c1F. The number of nitrogens with zero attached hydrogens (tertiary/aromatic N) is 2. The predicted octanol–water partition coefficient (Wildman–Crippen LogP) is 9.78. The highest BCUT2D eigenvalue weighted by atomic mass is 79.9. The van der Waals surface area contributed by atoms with Gasteiger partial charge in [-0.15, -0.1) is 22.7 Å². The summed E-state index contributed by atoms with van der Waals surface area (Å²) in [5, 5.41) is 11.1. The zero-order valence-electron chi connectivity index (χ0n) is 28.3. The summed E-state index contributed by atoms with van der Waals surface area (Å²) in [6.45, 7) is -0.0554. The minimum absolute atomic E-state index is 0.0554. The van der Waals surface area contributed by atoms with Crippen LogP contribution < -0.4 is 25.7 Å². The van der Waals surface area contributed by atoms with Crippen molar-refractivity contribution in [3.05, 3.63) is 125 Å². The molecule has 6 rings (SSSR count). The number of carbonyl (C=O) groups is 2. The number of amides is 2. The van der Waals surface area contributed by atoms with Crippen LogP contribution in [0, 0.1) is 23.3 Å². The number of alkyl halides is 1. The lowest BCUT2D eigenvalue weighted by atomic mass is 10.1. The van der Waals surface area contributed by atoms with Gasteiger partial charge in [0, 0.05) is 11.1 Å². The molecule has 5 N–H and O–H groups in total. The number of hydrogen-bond acceptors (Lipinski definition) is 10. The Morgan fingerprint density at radius 3 is 1.55 bits per heavy atom. The van der Waals surface area contributed by atoms with Crippen LogP contribution in [-0.4, -0.2) is 41.1 Å². The van der Waals surface area contributed by atoms with E-state index in [2.05, 4.69) is 63.5 Å². The summed E-state index contributed by atoms with van der Waals surface area (Å²) < 4.78 is 70.5. The summed E-state index contributed by atoms with van der Waals surface area (Å²) in [4.78, 5) is 30.6. The van der Waals surface area contributed by atoms with Crippen LogP contribution in [0.2, 0.25) is 0 Å². The maximum atomic E-state index is 14.2. The summed E-state index contributed by atoms with van der Waals surface area (Å²) in [6, 6.07) is 18.9. The Hall–Kier alpha value is -4.56. The molecule has 0 aliphatic heterocycles. The first kappa shape index (κ1) is 43.2. The fourth-order valence-electron chi connectivity index (χ4n) is 4.44. The second-order valence-corrected chi connectivity index (χ2v) is 15.9. The number of thiazole rings is 2. The fourth-order valence-corrected chi connectivity index (χ4v) is 8.04. The van der Waals surface area contributed by atoms with Gasteiger partial charge in [0.15, 0.2) is 23.1 Å². The van der Waals surface area contributed by atoms with Gasteiger partial charge in [0.25, 0.3) is 11.8 Å². The third kappa shape index (κ3) is 11.0. The van der Waals surface area contributed by atoms with E-state index in [-0.39, 0.29) is 12.4 Å². The number of phenolic OH excluding ortho intramolecular Hbond substituents is 1. The molecule has 55 heavy (non-hydrogen) atoms. The zero-order chi connectivity index (χ0) is 40.4. The second kappa shape index (κ2) is 19.9. The molecule has 0 atom stereocenters. The van der Waals surface area contributed by atoms with Crippen LogP contribution in [0.15, 0.2) is 80.4 Å². The molecule has 0 saturated carbocycles. The van der Waals surface area contributed by atoms with Crippen molar-refractivity contribution in [3.63, 3.8) is 0 Å². The highest BCUT2D eigenvalue weighted by Crippen LogP contribution is 2.36. The van der Waals surface area contributed by atoms with E-state index < -0.39 is 52.0 Å². The fraction of sp³-hybridized carbons (Fsp3) is 0.111. The van der Waals surface area contributed by atoms with Gasteiger partial charge in [0.2, 0.25) is 0 Å². The number of nitrogens with two attached hydrogens (primary N) is 2. The Morgan fingerprint density at radius 2 is 1.13 bits per heavy atom. The minimum Gasteiger partial charge on any atom is -0.505 e. The highest BCUT2D eigenvalue weighted by Gasteiger charge is 2.21. The van der Waals surface area contributed by atoms with E-state index >= 15 is 0 Å². The molecular weight excluding hydrogens is 964 g/mol. The van der Waals surface area contributed by atoms with E-state index in [1.54, 1.807) is 25.6 Å². The van der Waals surface area contributed by atoms with Gasteiger partial charge in [0.1, 0.15) is 50.9 Å². The number of benzene rings is 4.